The van der Waals surface area contributed by atoms with Crippen LogP contribution in [0, 0.1) is 6.92 Å². The molecule has 0 radical (unpaired) electrons. The summed E-state index contributed by atoms with van der Waals surface area (Å²) in [7, 11) is 0. The number of imidazole rings is 1. The summed E-state index contributed by atoms with van der Waals surface area (Å²) in [6.07, 6.45) is 5.68. The van der Waals surface area contributed by atoms with Crippen LogP contribution in [0.5, 0.6) is 0 Å². The van der Waals surface area contributed by atoms with Gasteiger partial charge in [-0.15, -0.1) is 5.10 Å². The van der Waals surface area contributed by atoms with Crippen molar-refractivity contribution in [3.05, 3.63) is 71.3 Å². The molecule has 0 atom stereocenters. The van der Waals surface area contributed by atoms with Gasteiger partial charge in [0.15, 0.2) is 11.5 Å². The minimum Gasteiger partial charge on any atom is -0.392 e. The van der Waals surface area contributed by atoms with Crippen LogP contribution < -0.4 is 0 Å². The summed E-state index contributed by atoms with van der Waals surface area (Å²) in [4.78, 5) is 9.47. The Balaban J connectivity index is 1.49. The number of aliphatic hydroxyl groups excluding tert-OH is 1. The Kier molecular flexibility index (Phi) is 5.24. The maximum atomic E-state index is 9.59. The van der Waals surface area contributed by atoms with E-state index in [1.165, 1.54) is 0 Å². The molecule has 0 bridgehead atoms. The van der Waals surface area contributed by atoms with E-state index < -0.39 is 0 Å². The molecule has 4 aromatic heterocycles. The number of benzene rings is 1. The monoisotopic (exact) mass is 428 g/mol. The summed E-state index contributed by atoms with van der Waals surface area (Å²) in [6.45, 7) is 4.89. The lowest BCUT2D eigenvalue weighted by Crippen LogP contribution is -2.06. The van der Waals surface area contributed by atoms with Crippen LogP contribution in [0.2, 0.25) is 0 Å². The van der Waals surface area contributed by atoms with Gasteiger partial charge in [0.25, 0.3) is 0 Å². The summed E-state index contributed by atoms with van der Waals surface area (Å²) in [6, 6.07) is 12.2. The van der Waals surface area contributed by atoms with Crippen molar-refractivity contribution in [2.24, 2.45) is 0 Å². The predicted molar refractivity (Wildman–Crippen MR) is 120 cm³/mol. The molecule has 0 saturated heterocycles. The van der Waals surface area contributed by atoms with E-state index in [0.717, 1.165) is 57.9 Å². The van der Waals surface area contributed by atoms with Gasteiger partial charge in [-0.3, -0.25) is 0 Å². The molecule has 0 saturated carbocycles. The third kappa shape index (κ3) is 3.56. The lowest BCUT2D eigenvalue weighted by molar-refractivity contribution is 0.282. The molecule has 0 amide bonds. The molecule has 5 rings (SSSR count). The third-order valence-corrected chi connectivity index (χ3v) is 5.59. The molecule has 0 aliphatic heterocycles. The Bertz CT molecular complexity index is 1350. The first-order chi connectivity index (χ1) is 15.7. The average molecular weight is 429 g/mol. The Morgan fingerprint density at radius 3 is 2.66 bits per heavy atom. The van der Waals surface area contributed by atoms with Crippen LogP contribution in [0.15, 0.2) is 48.8 Å². The van der Waals surface area contributed by atoms with E-state index in [9.17, 15) is 5.11 Å². The molecule has 4 heterocycles. The van der Waals surface area contributed by atoms with Gasteiger partial charge in [-0.1, -0.05) is 19.1 Å². The zero-order valence-electron chi connectivity index (χ0n) is 18.0. The molecule has 0 spiro atoms. The van der Waals surface area contributed by atoms with Crippen LogP contribution in [-0.2, 0) is 19.6 Å². The second-order valence-electron chi connectivity index (χ2n) is 7.84. The lowest BCUT2D eigenvalue weighted by Gasteiger charge is -2.11. The maximum absolute atomic E-state index is 9.59. The van der Waals surface area contributed by atoms with Crippen molar-refractivity contribution < 1.29 is 5.11 Å². The van der Waals surface area contributed by atoms with Gasteiger partial charge in [0.05, 0.1) is 18.8 Å². The summed E-state index contributed by atoms with van der Waals surface area (Å²) in [5.41, 5.74) is 6.73. The van der Waals surface area contributed by atoms with Gasteiger partial charge in [0.1, 0.15) is 11.3 Å². The number of tetrazole rings is 1. The van der Waals surface area contributed by atoms with Gasteiger partial charge in [0, 0.05) is 24.5 Å². The fraction of sp³-hybridized carbons (Fsp3) is 0.261. The Hall–Kier alpha value is -3.85. The van der Waals surface area contributed by atoms with Crippen LogP contribution in [0.1, 0.15) is 35.9 Å². The number of hydrogen-bond donors (Lipinski definition) is 2. The molecule has 0 fully saturated rings. The van der Waals surface area contributed by atoms with E-state index in [4.69, 9.17) is 4.98 Å². The van der Waals surface area contributed by atoms with Gasteiger partial charge in [0.2, 0.25) is 0 Å². The third-order valence-electron chi connectivity index (χ3n) is 5.59. The highest BCUT2D eigenvalue weighted by Crippen LogP contribution is 2.24. The van der Waals surface area contributed by atoms with Crippen molar-refractivity contribution in [2.75, 3.05) is 0 Å². The van der Waals surface area contributed by atoms with Gasteiger partial charge >= 0.3 is 0 Å². The Morgan fingerprint density at radius 1 is 1.09 bits per heavy atom. The number of rotatable bonds is 7. The largest absolute Gasteiger partial charge is 0.392 e. The minimum atomic E-state index is -0.0556. The number of hydrogen-bond acceptors (Lipinski definition) is 6. The van der Waals surface area contributed by atoms with E-state index in [1.54, 1.807) is 0 Å². The number of fused-ring (bicyclic) bond motifs is 1. The maximum Gasteiger partial charge on any atom is 0.196 e. The molecule has 32 heavy (non-hydrogen) atoms. The SMILES string of the molecule is CCCc1nc2c(C)ccnc2n1Cc1ccc(-n2cc(CO)cc2-c2nnn[nH]2)cc1. The standard InChI is InChI=1S/C23H24N8O/c1-3-4-20-25-21-15(2)9-10-24-23(21)31(20)12-16-5-7-18(8-6-16)30-13-17(14-32)11-19(30)22-26-28-29-27-22/h5-11,13,32H,3-4,12,14H2,1-2H3,(H,26,27,28,29). The fourth-order valence-electron chi connectivity index (χ4n) is 3.98. The van der Waals surface area contributed by atoms with Crippen molar-refractivity contribution in [3.8, 4) is 17.2 Å². The number of pyridine rings is 1. The molecular weight excluding hydrogens is 404 g/mol. The summed E-state index contributed by atoms with van der Waals surface area (Å²) in [5, 5.41) is 23.7. The summed E-state index contributed by atoms with van der Waals surface area (Å²) >= 11 is 0. The molecule has 0 unspecified atom stereocenters. The van der Waals surface area contributed by atoms with Crippen molar-refractivity contribution in [1.29, 1.82) is 0 Å². The molecule has 9 heteroatoms. The van der Waals surface area contributed by atoms with Crippen molar-refractivity contribution >= 4 is 11.2 Å². The van der Waals surface area contributed by atoms with Crippen LogP contribution in [0.25, 0.3) is 28.4 Å². The highest BCUT2D eigenvalue weighted by Gasteiger charge is 2.15. The zero-order chi connectivity index (χ0) is 22.1. The second-order valence-corrected chi connectivity index (χ2v) is 7.84. The zero-order valence-corrected chi connectivity index (χ0v) is 18.0. The van der Waals surface area contributed by atoms with Gasteiger partial charge in [-0.05, 0) is 64.7 Å². The quantitative estimate of drug-likeness (QED) is 0.412. The molecular formula is C23H24N8O. The summed E-state index contributed by atoms with van der Waals surface area (Å²) < 4.78 is 4.18. The number of nitrogens with one attached hydrogen (secondary N) is 1. The molecule has 0 aliphatic rings. The molecule has 0 aliphatic carbocycles. The first-order valence-electron chi connectivity index (χ1n) is 10.6. The number of aromatic amines is 1. The molecule has 5 aromatic rings. The van der Waals surface area contributed by atoms with Crippen molar-refractivity contribution in [3.63, 3.8) is 0 Å². The van der Waals surface area contributed by atoms with E-state index in [1.807, 2.05) is 29.1 Å². The topological polar surface area (TPSA) is 110 Å². The first kappa shape index (κ1) is 20.1. The summed E-state index contributed by atoms with van der Waals surface area (Å²) in [5.74, 6) is 1.61. The van der Waals surface area contributed by atoms with E-state index in [-0.39, 0.29) is 6.61 Å². The van der Waals surface area contributed by atoms with Crippen LogP contribution in [0.4, 0.5) is 0 Å². The number of aryl methyl sites for hydroxylation is 2. The van der Waals surface area contributed by atoms with E-state index in [0.29, 0.717) is 12.4 Å². The number of nitrogens with zero attached hydrogens (tertiary/aromatic N) is 7. The van der Waals surface area contributed by atoms with Crippen molar-refractivity contribution in [1.82, 2.24) is 39.7 Å². The predicted octanol–water partition coefficient (Wildman–Crippen LogP) is 3.20. The highest BCUT2D eigenvalue weighted by atomic mass is 16.3. The number of aliphatic hydroxyl groups is 1. The van der Waals surface area contributed by atoms with E-state index >= 15 is 0 Å². The fourth-order valence-corrected chi connectivity index (χ4v) is 3.98. The Labute approximate surface area is 184 Å². The lowest BCUT2D eigenvalue weighted by atomic mass is 10.2. The van der Waals surface area contributed by atoms with Crippen LogP contribution in [-0.4, -0.2) is 44.8 Å². The van der Waals surface area contributed by atoms with Gasteiger partial charge < -0.3 is 14.2 Å². The normalized spacial score (nSPS) is 11.5. The first-order valence-corrected chi connectivity index (χ1v) is 10.6. The van der Waals surface area contributed by atoms with E-state index in [2.05, 4.69) is 68.3 Å². The van der Waals surface area contributed by atoms with Crippen molar-refractivity contribution in [2.45, 2.75) is 39.8 Å². The Morgan fingerprint density at radius 2 is 1.94 bits per heavy atom. The number of aromatic nitrogens is 8. The molecule has 2 N–H and O–H groups in total. The van der Waals surface area contributed by atoms with Gasteiger partial charge in [-0.25, -0.2) is 15.1 Å². The molecule has 162 valence electrons. The smallest absolute Gasteiger partial charge is 0.196 e. The second kappa shape index (κ2) is 8.35. The molecule has 9 nitrogen and oxygen atoms in total. The van der Waals surface area contributed by atoms with Crippen LogP contribution >= 0.6 is 0 Å². The minimum absolute atomic E-state index is 0.0556. The average Bonchev–Trinajstić information content (AvgIpc) is 3.54. The highest BCUT2D eigenvalue weighted by molar-refractivity contribution is 5.75. The van der Waals surface area contributed by atoms with Crippen LogP contribution in [0.3, 0.4) is 0 Å². The number of H-pyrrole nitrogens is 1. The van der Waals surface area contributed by atoms with Gasteiger partial charge in [-0.2, -0.15) is 0 Å². The molecule has 1 aromatic carbocycles.